The number of piperazine rings is 1. The number of rotatable bonds is 5. The van der Waals surface area contributed by atoms with Gasteiger partial charge in [0, 0.05) is 44.1 Å². The summed E-state index contributed by atoms with van der Waals surface area (Å²) < 4.78 is 27.1. The van der Waals surface area contributed by atoms with E-state index in [0.717, 1.165) is 30.4 Å². The van der Waals surface area contributed by atoms with Gasteiger partial charge in [0.15, 0.2) is 0 Å². The highest BCUT2D eigenvalue weighted by molar-refractivity contribution is 7.91. The van der Waals surface area contributed by atoms with Crippen molar-refractivity contribution in [3.8, 4) is 0 Å². The minimum atomic E-state index is -3.32. The Labute approximate surface area is 124 Å². The molecular formula is C13H21N3O2S2. The molecule has 0 unspecified atom stereocenters. The van der Waals surface area contributed by atoms with Gasteiger partial charge in [-0.3, -0.25) is 0 Å². The van der Waals surface area contributed by atoms with Gasteiger partial charge < -0.3 is 10.6 Å². The molecule has 0 spiro atoms. The standard InChI is InChI=1S/C13H21N3O2S2/c14-9-12-3-4-13(19-12)20(17,18)16-7-5-15(6-8-16)10-11-1-2-11/h3-4,11H,1-2,5-10,14H2. The maximum atomic E-state index is 12.5. The highest BCUT2D eigenvalue weighted by Gasteiger charge is 2.31. The molecule has 2 aliphatic rings. The topological polar surface area (TPSA) is 66.6 Å². The van der Waals surface area contributed by atoms with E-state index >= 15 is 0 Å². The summed E-state index contributed by atoms with van der Waals surface area (Å²) in [4.78, 5) is 3.31. The molecule has 7 heteroatoms. The molecule has 1 aliphatic carbocycles. The van der Waals surface area contributed by atoms with Crippen molar-refractivity contribution in [1.29, 1.82) is 0 Å². The maximum Gasteiger partial charge on any atom is 0.252 e. The van der Waals surface area contributed by atoms with Crippen LogP contribution in [0.25, 0.3) is 0 Å². The molecule has 0 bridgehead atoms. The van der Waals surface area contributed by atoms with E-state index in [9.17, 15) is 8.42 Å². The summed E-state index contributed by atoms with van der Waals surface area (Å²) >= 11 is 1.29. The zero-order chi connectivity index (χ0) is 14.2. The Morgan fingerprint density at radius 1 is 1.20 bits per heavy atom. The van der Waals surface area contributed by atoms with Crippen molar-refractivity contribution in [2.75, 3.05) is 32.7 Å². The van der Waals surface area contributed by atoms with Gasteiger partial charge in [-0.25, -0.2) is 8.42 Å². The normalized spacial score (nSPS) is 22.2. The van der Waals surface area contributed by atoms with Crippen LogP contribution in [0.4, 0.5) is 0 Å². The Kier molecular flexibility index (Phi) is 4.14. The van der Waals surface area contributed by atoms with Gasteiger partial charge in [-0.15, -0.1) is 11.3 Å². The molecule has 3 rings (SSSR count). The zero-order valence-corrected chi connectivity index (χ0v) is 13.1. The van der Waals surface area contributed by atoms with Gasteiger partial charge in [-0.1, -0.05) is 0 Å². The van der Waals surface area contributed by atoms with E-state index < -0.39 is 10.0 Å². The lowest BCUT2D eigenvalue weighted by molar-refractivity contribution is 0.182. The first kappa shape index (κ1) is 14.5. The molecule has 1 aromatic rings. The second kappa shape index (κ2) is 5.73. The van der Waals surface area contributed by atoms with Crippen LogP contribution >= 0.6 is 11.3 Å². The Balaban J connectivity index is 1.63. The van der Waals surface area contributed by atoms with Crippen molar-refractivity contribution in [3.05, 3.63) is 17.0 Å². The summed E-state index contributed by atoms with van der Waals surface area (Å²) in [6.45, 7) is 4.45. The molecule has 0 atom stereocenters. The SMILES string of the molecule is NCc1ccc(S(=O)(=O)N2CCN(CC3CC3)CC2)s1. The summed E-state index contributed by atoms with van der Waals surface area (Å²) in [5, 5.41) is 0. The Hall–Kier alpha value is -0.470. The molecule has 20 heavy (non-hydrogen) atoms. The molecule has 0 radical (unpaired) electrons. The summed E-state index contributed by atoms with van der Waals surface area (Å²) in [7, 11) is -3.32. The predicted molar refractivity (Wildman–Crippen MR) is 80.1 cm³/mol. The average molecular weight is 315 g/mol. The molecule has 1 aromatic heterocycles. The molecule has 1 aliphatic heterocycles. The van der Waals surface area contributed by atoms with E-state index in [1.165, 1.54) is 24.2 Å². The van der Waals surface area contributed by atoms with Crippen molar-refractivity contribution in [3.63, 3.8) is 0 Å². The predicted octanol–water partition coefficient (Wildman–Crippen LogP) is 0.923. The number of hydrogen-bond acceptors (Lipinski definition) is 5. The molecule has 1 saturated heterocycles. The van der Waals surface area contributed by atoms with Crippen molar-refractivity contribution in [2.45, 2.75) is 23.6 Å². The third-order valence-electron chi connectivity index (χ3n) is 3.98. The molecule has 2 heterocycles. The molecule has 0 aromatic carbocycles. The fourth-order valence-corrected chi connectivity index (χ4v) is 5.36. The van der Waals surface area contributed by atoms with Crippen molar-refractivity contribution in [1.82, 2.24) is 9.21 Å². The van der Waals surface area contributed by atoms with Gasteiger partial charge >= 0.3 is 0 Å². The Morgan fingerprint density at radius 2 is 1.90 bits per heavy atom. The zero-order valence-electron chi connectivity index (χ0n) is 11.5. The van der Waals surface area contributed by atoms with Crippen molar-refractivity contribution >= 4 is 21.4 Å². The fraction of sp³-hybridized carbons (Fsp3) is 0.692. The van der Waals surface area contributed by atoms with Crippen LogP contribution in [-0.2, 0) is 16.6 Å². The van der Waals surface area contributed by atoms with Gasteiger partial charge in [0.1, 0.15) is 4.21 Å². The van der Waals surface area contributed by atoms with Gasteiger partial charge in [-0.2, -0.15) is 4.31 Å². The number of hydrogen-bond donors (Lipinski definition) is 1. The molecule has 2 fully saturated rings. The lowest BCUT2D eigenvalue weighted by atomic mass is 10.3. The van der Waals surface area contributed by atoms with Crippen LogP contribution in [0.2, 0.25) is 0 Å². The van der Waals surface area contributed by atoms with Crippen LogP contribution in [0.15, 0.2) is 16.3 Å². The first-order chi connectivity index (χ1) is 9.59. The van der Waals surface area contributed by atoms with E-state index in [0.29, 0.717) is 23.8 Å². The van der Waals surface area contributed by atoms with Gasteiger partial charge in [0.25, 0.3) is 10.0 Å². The molecule has 112 valence electrons. The van der Waals surface area contributed by atoms with Gasteiger partial charge in [-0.05, 0) is 30.9 Å². The van der Waals surface area contributed by atoms with Crippen LogP contribution in [0.1, 0.15) is 17.7 Å². The maximum absolute atomic E-state index is 12.5. The average Bonchev–Trinajstić information content (AvgIpc) is 3.12. The molecule has 1 saturated carbocycles. The van der Waals surface area contributed by atoms with Crippen LogP contribution in [0.3, 0.4) is 0 Å². The van der Waals surface area contributed by atoms with E-state index in [1.807, 2.05) is 0 Å². The number of thiophene rings is 1. The summed E-state index contributed by atoms with van der Waals surface area (Å²) in [5.74, 6) is 0.863. The summed E-state index contributed by atoms with van der Waals surface area (Å²) in [6, 6.07) is 3.49. The Bertz CT molecular complexity index is 558. The van der Waals surface area contributed by atoms with E-state index in [-0.39, 0.29) is 0 Å². The number of nitrogens with two attached hydrogens (primary N) is 1. The second-order valence-corrected chi connectivity index (χ2v) is 8.91. The summed E-state index contributed by atoms with van der Waals surface area (Å²) in [6.07, 6.45) is 2.69. The molecule has 0 amide bonds. The fourth-order valence-electron chi connectivity index (χ4n) is 2.55. The highest BCUT2D eigenvalue weighted by Crippen LogP contribution is 2.30. The van der Waals surface area contributed by atoms with Gasteiger partial charge in [0.2, 0.25) is 0 Å². The third kappa shape index (κ3) is 3.07. The molecule has 2 N–H and O–H groups in total. The third-order valence-corrected chi connectivity index (χ3v) is 7.45. The summed E-state index contributed by atoms with van der Waals surface area (Å²) in [5.41, 5.74) is 5.55. The van der Waals surface area contributed by atoms with Crippen molar-refractivity contribution in [2.24, 2.45) is 11.7 Å². The van der Waals surface area contributed by atoms with Crippen molar-refractivity contribution < 1.29 is 8.42 Å². The van der Waals surface area contributed by atoms with Crippen LogP contribution in [-0.4, -0.2) is 50.3 Å². The van der Waals surface area contributed by atoms with E-state index in [1.54, 1.807) is 16.4 Å². The lowest BCUT2D eigenvalue weighted by Crippen LogP contribution is -2.48. The first-order valence-corrected chi connectivity index (χ1v) is 9.36. The van der Waals surface area contributed by atoms with E-state index in [2.05, 4.69) is 4.90 Å². The Morgan fingerprint density at radius 3 is 2.45 bits per heavy atom. The number of sulfonamides is 1. The second-order valence-electron chi connectivity index (χ2n) is 5.57. The first-order valence-electron chi connectivity index (χ1n) is 7.11. The smallest absolute Gasteiger partial charge is 0.252 e. The molecule has 5 nitrogen and oxygen atoms in total. The quantitative estimate of drug-likeness (QED) is 0.877. The van der Waals surface area contributed by atoms with Crippen LogP contribution < -0.4 is 5.73 Å². The van der Waals surface area contributed by atoms with Crippen LogP contribution in [0, 0.1) is 5.92 Å². The molecular weight excluding hydrogens is 294 g/mol. The van der Waals surface area contributed by atoms with Crippen LogP contribution in [0.5, 0.6) is 0 Å². The minimum Gasteiger partial charge on any atom is -0.326 e. The lowest BCUT2D eigenvalue weighted by Gasteiger charge is -2.33. The van der Waals surface area contributed by atoms with E-state index in [4.69, 9.17) is 5.73 Å². The monoisotopic (exact) mass is 315 g/mol. The minimum absolute atomic E-state index is 0.398. The largest absolute Gasteiger partial charge is 0.326 e. The van der Waals surface area contributed by atoms with Gasteiger partial charge in [0.05, 0.1) is 0 Å². The highest BCUT2D eigenvalue weighted by atomic mass is 32.2. The number of nitrogens with zero attached hydrogens (tertiary/aromatic N) is 2.